The van der Waals surface area contributed by atoms with Crippen molar-refractivity contribution in [2.45, 2.75) is 24.8 Å². The number of alkyl halides is 1. The first kappa shape index (κ1) is 12.2. The van der Waals surface area contributed by atoms with Crippen LogP contribution in [0.1, 0.15) is 18.4 Å². The average molecular weight is 269 g/mol. The van der Waals surface area contributed by atoms with E-state index >= 15 is 0 Å². The summed E-state index contributed by atoms with van der Waals surface area (Å²) in [6, 6.07) is 5.81. The Bertz CT molecular complexity index is 438. The maximum Gasteiger partial charge on any atom is 0.125 e. The Hall–Kier alpha value is -0.800. The number of rotatable bonds is 2. The highest BCUT2D eigenvalue weighted by atomic mass is 35.5. The van der Waals surface area contributed by atoms with Crippen molar-refractivity contribution < 1.29 is 4.39 Å². The first-order chi connectivity index (χ1) is 8.76. The standard InChI is InChI=1S/C14H18ClFN2/c15-9-11-6-12(16)8-14(7-11)18-5-4-17-3-1-2-13(17)10-18/h6-8,13H,1-5,9-10H2. The summed E-state index contributed by atoms with van der Waals surface area (Å²) in [6.45, 7) is 4.33. The Morgan fingerprint density at radius 1 is 1.22 bits per heavy atom. The molecule has 2 saturated heterocycles. The van der Waals surface area contributed by atoms with Crippen LogP contribution in [0.2, 0.25) is 0 Å². The minimum absolute atomic E-state index is 0.183. The molecule has 2 heterocycles. The van der Waals surface area contributed by atoms with Gasteiger partial charge in [0.2, 0.25) is 0 Å². The van der Waals surface area contributed by atoms with Crippen LogP contribution in [0.5, 0.6) is 0 Å². The van der Waals surface area contributed by atoms with E-state index in [4.69, 9.17) is 11.6 Å². The third-order valence-corrected chi connectivity index (χ3v) is 4.36. The molecule has 2 aliphatic heterocycles. The van der Waals surface area contributed by atoms with Gasteiger partial charge in [0, 0.05) is 37.2 Å². The zero-order chi connectivity index (χ0) is 12.5. The van der Waals surface area contributed by atoms with Crippen LogP contribution in [-0.4, -0.2) is 37.1 Å². The number of piperazine rings is 1. The van der Waals surface area contributed by atoms with Crippen molar-refractivity contribution in [2.24, 2.45) is 0 Å². The summed E-state index contributed by atoms with van der Waals surface area (Å²) in [6.07, 6.45) is 2.57. The molecule has 1 aromatic rings. The van der Waals surface area contributed by atoms with E-state index in [1.807, 2.05) is 6.07 Å². The van der Waals surface area contributed by atoms with Gasteiger partial charge in [0.25, 0.3) is 0 Å². The summed E-state index contributed by atoms with van der Waals surface area (Å²) in [5.41, 5.74) is 1.85. The molecule has 1 atom stereocenters. The largest absolute Gasteiger partial charge is 0.369 e. The molecule has 3 rings (SSSR count). The second-order valence-electron chi connectivity index (χ2n) is 5.23. The van der Waals surface area contributed by atoms with E-state index in [-0.39, 0.29) is 5.82 Å². The van der Waals surface area contributed by atoms with E-state index in [0.717, 1.165) is 30.9 Å². The molecule has 0 saturated carbocycles. The molecular formula is C14H18ClFN2. The van der Waals surface area contributed by atoms with Gasteiger partial charge in [-0.05, 0) is 43.1 Å². The zero-order valence-electron chi connectivity index (χ0n) is 10.4. The molecule has 0 aliphatic carbocycles. The summed E-state index contributed by atoms with van der Waals surface area (Å²) in [5, 5.41) is 0. The van der Waals surface area contributed by atoms with Gasteiger partial charge >= 0.3 is 0 Å². The van der Waals surface area contributed by atoms with Crippen LogP contribution in [0.3, 0.4) is 0 Å². The average Bonchev–Trinajstić information content (AvgIpc) is 2.85. The van der Waals surface area contributed by atoms with Crippen molar-refractivity contribution in [3.05, 3.63) is 29.6 Å². The molecule has 1 unspecified atom stereocenters. The van der Waals surface area contributed by atoms with Crippen LogP contribution in [0.15, 0.2) is 18.2 Å². The highest BCUT2D eigenvalue weighted by molar-refractivity contribution is 6.17. The minimum atomic E-state index is -0.183. The number of halogens is 2. The van der Waals surface area contributed by atoms with Gasteiger partial charge in [-0.2, -0.15) is 0 Å². The van der Waals surface area contributed by atoms with Crippen LogP contribution in [0, 0.1) is 5.82 Å². The second kappa shape index (κ2) is 5.06. The van der Waals surface area contributed by atoms with Crippen molar-refractivity contribution in [1.82, 2.24) is 4.90 Å². The van der Waals surface area contributed by atoms with Gasteiger partial charge in [-0.15, -0.1) is 11.6 Å². The fourth-order valence-corrected chi connectivity index (χ4v) is 3.27. The molecule has 0 radical (unpaired) electrons. The van der Waals surface area contributed by atoms with Crippen LogP contribution in [0.25, 0.3) is 0 Å². The number of anilines is 1. The van der Waals surface area contributed by atoms with Gasteiger partial charge in [-0.25, -0.2) is 4.39 Å². The van der Waals surface area contributed by atoms with Gasteiger partial charge in [0.05, 0.1) is 0 Å². The van der Waals surface area contributed by atoms with E-state index < -0.39 is 0 Å². The summed E-state index contributed by atoms with van der Waals surface area (Å²) < 4.78 is 13.5. The molecule has 98 valence electrons. The van der Waals surface area contributed by atoms with E-state index in [1.165, 1.54) is 25.5 Å². The fraction of sp³-hybridized carbons (Fsp3) is 0.571. The van der Waals surface area contributed by atoms with E-state index in [9.17, 15) is 4.39 Å². The lowest BCUT2D eigenvalue weighted by Gasteiger charge is -2.39. The predicted octanol–water partition coefficient (Wildman–Crippen LogP) is 2.85. The van der Waals surface area contributed by atoms with Crippen LogP contribution in [-0.2, 0) is 5.88 Å². The van der Waals surface area contributed by atoms with Gasteiger partial charge in [-0.1, -0.05) is 0 Å². The molecule has 0 bridgehead atoms. The molecule has 2 nitrogen and oxygen atoms in total. The quantitative estimate of drug-likeness (QED) is 0.761. The van der Waals surface area contributed by atoms with E-state index in [1.54, 1.807) is 6.07 Å². The molecular weight excluding hydrogens is 251 g/mol. The Balaban J connectivity index is 1.80. The zero-order valence-corrected chi connectivity index (χ0v) is 11.2. The maximum absolute atomic E-state index is 13.5. The van der Waals surface area contributed by atoms with Crippen molar-refractivity contribution in [1.29, 1.82) is 0 Å². The molecule has 0 spiro atoms. The van der Waals surface area contributed by atoms with Crippen molar-refractivity contribution in [3.8, 4) is 0 Å². The topological polar surface area (TPSA) is 6.48 Å². The lowest BCUT2D eigenvalue weighted by Crippen LogP contribution is -2.50. The van der Waals surface area contributed by atoms with E-state index in [2.05, 4.69) is 9.80 Å². The van der Waals surface area contributed by atoms with Crippen molar-refractivity contribution in [2.75, 3.05) is 31.1 Å². The van der Waals surface area contributed by atoms with Gasteiger partial charge in [0.15, 0.2) is 0 Å². The van der Waals surface area contributed by atoms with Gasteiger partial charge in [0.1, 0.15) is 5.82 Å². The molecule has 4 heteroatoms. The molecule has 0 aromatic heterocycles. The van der Waals surface area contributed by atoms with E-state index in [0.29, 0.717) is 11.9 Å². The molecule has 2 fully saturated rings. The Labute approximate surface area is 112 Å². The highest BCUT2D eigenvalue weighted by Crippen LogP contribution is 2.27. The number of benzene rings is 1. The molecule has 1 aromatic carbocycles. The third-order valence-electron chi connectivity index (χ3n) is 4.05. The number of hydrogen-bond acceptors (Lipinski definition) is 2. The summed E-state index contributed by atoms with van der Waals surface area (Å²) in [7, 11) is 0. The summed E-state index contributed by atoms with van der Waals surface area (Å²) >= 11 is 5.81. The predicted molar refractivity (Wildman–Crippen MR) is 72.8 cm³/mol. The first-order valence-electron chi connectivity index (χ1n) is 6.61. The Kier molecular flexibility index (Phi) is 3.44. The molecule has 2 aliphatic rings. The summed E-state index contributed by atoms with van der Waals surface area (Å²) in [4.78, 5) is 4.85. The maximum atomic E-state index is 13.5. The first-order valence-corrected chi connectivity index (χ1v) is 7.14. The smallest absolute Gasteiger partial charge is 0.125 e. The third kappa shape index (κ3) is 2.34. The van der Waals surface area contributed by atoms with Crippen LogP contribution >= 0.6 is 11.6 Å². The number of hydrogen-bond donors (Lipinski definition) is 0. The van der Waals surface area contributed by atoms with Gasteiger partial charge in [-0.3, -0.25) is 4.90 Å². The highest BCUT2D eigenvalue weighted by Gasteiger charge is 2.30. The molecule has 0 N–H and O–H groups in total. The lowest BCUT2D eigenvalue weighted by atomic mass is 10.1. The molecule has 0 amide bonds. The normalized spacial score (nSPS) is 24.3. The monoisotopic (exact) mass is 268 g/mol. The number of nitrogens with zero attached hydrogens (tertiary/aromatic N) is 2. The fourth-order valence-electron chi connectivity index (χ4n) is 3.12. The van der Waals surface area contributed by atoms with Gasteiger partial charge < -0.3 is 4.90 Å². The Morgan fingerprint density at radius 3 is 2.94 bits per heavy atom. The SMILES string of the molecule is Fc1cc(CCl)cc(N2CCN3CCCC3C2)c1. The van der Waals surface area contributed by atoms with Crippen molar-refractivity contribution >= 4 is 17.3 Å². The molecule has 18 heavy (non-hydrogen) atoms. The minimum Gasteiger partial charge on any atom is -0.369 e. The Morgan fingerprint density at radius 2 is 2.11 bits per heavy atom. The lowest BCUT2D eigenvalue weighted by molar-refractivity contribution is 0.231. The number of fused-ring (bicyclic) bond motifs is 1. The van der Waals surface area contributed by atoms with Crippen LogP contribution < -0.4 is 4.90 Å². The van der Waals surface area contributed by atoms with Crippen LogP contribution in [0.4, 0.5) is 10.1 Å². The second-order valence-corrected chi connectivity index (χ2v) is 5.50. The summed E-state index contributed by atoms with van der Waals surface area (Å²) in [5.74, 6) is 0.186. The van der Waals surface area contributed by atoms with Crippen molar-refractivity contribution in [3.63, 3.8) is 0 Å².